The highest BCUT2D eigenvalue weighted by Crippen LogP contribution is 2.33. The highest BCUT2D eigenvalue weighted by molar-refractivity contribution is 6.10. The van der Waals surface area contributed by atoms with Crippen LogP contribution in [0.3, 0.4) is 0 Å². The summed E-state index contributed by atoms with van der Waals surface area (Å²) in [6.45, 7) is 0. The van der Waals surface area contributed by atoms with Gasteiger partial charge in [-0.3, -0.25) is 9.59 Å². The minimum absolute atomic E-state index is 0.0424. The summed E-state index contributed by atoms with van der Waals surface area (Å²) in [6.07, 6.45) is 6.16. The number of anilines is 2. The molecule has 7 nitrogen and oxygen atoms in total. The first-order chi connectivity index (χ1) is 19.0. The minimum atomic E-state index is -0.0424. The molecule has 1 amide bonds. The first-order valence-corrected chi connectivity index (χ1v) is 14.0. The standard InChI is InChI=1S/C32H35N5O2/c1-37(2)31-26-7-3-4-9-27(26)35-32(36-31)34-23-15-13-22(14-16-23)33-29(39)19-18-28(38)24-17-12-21-11-10-20-6-5-8-25(24)30(20)21/h3-9,12,17,22-23H,10-11,13-16,18-19H2,1-2H3,(H,33,39)(H,34,35,36). The van der Waals surface area contributed by atoms with Crippen LogP contribution in [0.15, 0.2) is 54.6 Å². The van der Waals surface area contributed by atoms with Crippen molar-refractivity contribution >= 4 is 45.1 Å². The molecule has 2 aliphatic rings. The highest BCUT2D eigenvalue weighted by atomic mass is 16.2. The Morgan fingerprint density at radius 2 is 1.54 bits per heavy atom. The Bertz CT molecular complexity index is 1550. The normalized spacial score (nSPS) is 18.3. The van der Waals surface area contributed by atoms with E-state index in [4.69, 9.17) is 9.97 Å². The number of nitrogens with zero attached hydrogens (tertiary/aromatic N) is 3. The van der Waals surface area contributed by atoms with Crippen LogP contribution >= 0.6 is 0 Å². The molecule has 2 N–H and O–H groups in total. The smallest absolute Gasteiger partial charge is 0.225 e. The fourth-order valence-electron chi connectivity index (χ4n) is 6.18. The summed E-state index contributed by atoms with van der Waals surface area (Å²) in [7, 11) is 3.99. The quantitative estimate of drug-likeness (QED) is 0.300. The molecule has 7 heteroatoms. The second kappa shape index (κ2) is 10.6. The van der Waals surface area contributed by atoms with Gasteiger partial charge in [0, 0.05) is 50.0 Å². The summed E-state index contributed by atoms with van der Waals surface area (Å²) in [5.74, 6) is 1.54. The van der Waals surface area contributed by atoms with E-state index in [0.29, 0.717) is 5.95 Å². The molecule has 4 aromatic rings. The van der Waals surface area contributed by atoms with Crippen LogP contribution in [0.4, 0.5) is 11.8 Å². The first-order valence-electron chi connectivity index (χ1n) is 14.0. The van der Waals surface area contributed by atoms with Crippen LogP contribution < -0.4 is 15.5 Å². The second-order valence-electron chi connectivity index (χ2n) is 11.1. The lowest BCUT2D eigenvalue weighted by Gasteiger charge is -2.30. The number of aryl methyl sites for hydroxylation is 2. The topological polar surface area (TPSA) is 87.2 Å². The molecule has 0 bridgehead atoms. The maximum absolute atomic E-state index is 13.1. The third kappa shape index (κ3) is 5.18. The van der Waals surface area contributed by atoms with Crippen molar-refractivity contribution < 1.29 is 9.59 Å². The lowest BCUT2D eigenvalue weighted by atomic mass is 9.91. The van der Waals surface area contributed by atoms with Gasteiger partial charge in [0.25, 0.3) is 0 Å². The van der Waals surface area contributed by atoms with Crippen LogP contribution in [0.25, 0.3) is 21.7 Å². The number of rotatable bonds is 8. The Kier molecular flexibility index (Phi) is 6.90. The molecule has 1 saturated carbocycles. The number of ketones is 1. The van der Waals surface area contributed by atoms with Gasteiger partial charge in [-0.25, -0.2) is 4.98 Å². The van der Waals surface area contributed by atoms with Crippen molar-refractivity contribution in [3.05, 3.63) is 71.3 Å². The van der Waals surface area contributed by atoms with E-state index in [1.807, 2.05) is 61.5 Å². The predicted molar refractivity (Wildman–Crippen MR) is 157 cm³/mol. The lowest BCUT2D eigenvalue weighted by Crippen LogP contribution is -2.40. The first kappa shape index (κ1) is 25.3. The van der Waals surface area contributed by atoms with Gasteiger partial charge in [0.05, 0.1) is 5.52 Å². The predicted octanol–water partition coefficient (Wildman–Crippen LogP) is 5.45. The monoisotopic (exact) mass is 521 g/mol. The van der Waals surface area contributed by atoms with E-state index < -0.39 is 0 Å². The number of amides is 1. The van der Waals surface area contributed by atoms with Gasteiger partial charge in [0.15, 0.2) is 5.78 Å². The van der Waals surface area contributed by atoms with Gasteiger partial charge in [-0.1, -0.05) is 42.5 Å². The molecule has 2 aliphatic carbocycles. The number of fused-ring (bicyclic) bond motifs is 1. The van der Waals surface area contributed by atoms with Crippen molar-refractivity contribution in [3.8, 4) is 0 Å². The Hall–Kier alpha value is -4.00. The van der Waals surface area contributed by atoms with Crippen LogP contribution in [0, 0.1) is 0 Å². The number of carbonyl (C=O) groups excluding carboxylic acids is 2. The number of aromatic nitrogens is 2. The van der Waals surface area contributed by atoms with Crippen LogP contribution in [0.5, 0.6) is 0 Å². The van der Waals surface area contributed by atoms with Crippen molar-refractivity contribution in [2.24, 2.45) is 0 Å². The van der Waals surface area contributed by atoms with Gasteiger partial charge in [0.1, 0.15) is 5.82 Å². The molecule has 0 atom stereocenters. The number of hydrogen-bond acceptors (Lipinski definition) is 6. The lowest BCUT2D eigenvalue weighted by molar-refractivity contribution is -0.122. The second-order valence-corrected chi connectivity index (χ2v) is 11.1. The minimum Gasteiger partial charge on any atom is -0.362 e. The van der Waals surface area contributed by atoms with Crippen molar-refractivity contribution in [3.63, 3.8) is 0 Å². The maximum atomic E-state index is 13.1. The van der Waals surface area contributed by atoms with E-state index in [1.165, 1.54) is 16.5 Å². The molecule has 0 radical (unpaired) electrons. The van der Waals surface area contributed by atoms with Crippen LogP contribution in [-0.4, -0.2) is 47.8 Å². The molecule has 0 unspecified atom stereocenters. The Balaban J connectivity index is 1.01. The van der Waals surface area contributed by atoms with E-state index in [9.17, 15) is 9.59 Å². The zero-order valence-electron chi connectivity index (χ0n) is 22.7. The van der Waals surface area contributed by atoms with Crippen LogP contribution in [0.1, 0.15) is 60.0 Å². The van der Waals surface area contributed by atoms with E-state index >= 15 is 0 Å². The van der Waals surface area contributed by atoms with Gasteiger partial charge in [-0.15, -0.1) is 0 Å². The molecular formula is C32H35N5O2. The molecule has 6 rings (SSSR count). The summed E-state index contributed by atoms with van der Waals surface area (Å²) >= 11 is 0. The van der Waals surface area contributed by atoms with E-state index in [1.54, 1.807) is 0 Å². The number of benzene rings is 3. The van der Waals surface area contributed by atoms with Crippen molar-refractivity contribution in [2.75, 3.05) is 24.3 Å². The number of para-hydroxylation sites is 1. The fourth-order valence-corrected chi connectivity index (χ4v) is 6.18. The Morgan fingerprint density at radius 3 is 2.33 bits per heavy atom. The number of nitrogens with one attached hydrogen (secondary N) is 2. The fraction of sp³-hybridized carbons (Fsp3) is 0.375. The third-order valence-electron chi connectivity index (χ3n) is 8.19. The van der Waals surface area contributed by atoms with Gasteiger partial charge in [-0.05, 0) is 72.6 Å². The molecule has 200 valence electrons. The van der Waals surface area contributed by atoms with Gasteiger partial charge in [-0.2, -0.15) is 4.98 Å². The number of Topliss-reactive ketones (excluding diaryl/α,β-unsaturated/α-hetero) is 1. The molecule has 0 saturated heterocycles. The van der Waals surface area contributed by atoms with E-state index in [-0.39, 0.29) is 36.6 Å². The van der Waals surface area contributed by atoms with Crippen molar-refractivity contribution in [1.82, 2.24) is 15.3 Å². The molecule has 3 aromatic carbocycles. The van der Waals surface area contributed by atoms with Gasteiger partial charge < -0.3 is 15.5 Å². The molecule has 0 aliphatic heterocycles. The zero-order chi connectivity index (χ0) is 26.9. The van der Waals surface area contributed by atoms with Gasteiger partial charge in [0.2, 0.25) is 11.9 Å². The molecule has 1 aromatic heterocycles. The van der Waals surface area contributed by atoms with Crippen LogP contribution in [-0.2, 0) is 17.6 Å². The van der Waals surface area contributed by atoms with Crippen molar-refractivity contribution in [1.29, 1.82) is 0 Å². The van der Waals surface area contributed by atoms with E-state index in [2.05, 4.69) is 22.8 Å². The zero-order valence-corrected chi connectivity index (χ0v) is 22.7. The summed E-state index contributed by atoms with van der Waals surface area (Å²) in [5.41, 5.74) is 4.31. The summed E-state index contributed by atoms with van der Waals surface area (Å²) in [4.78, 5) is 37.3. The number of carbonyl (C=O) groups is 2. The molecule has 0 spiro atoms. The Morgan fingerprint density at radius 1 is 0.821 bits per heavy atom. The molecule has 39 heavy (non-hydrogen) atoms. The SMILES string of the molecule is CN(C)c1nc(NC2CCC(NC(=O)CCC(=O)c3ccc4c5c(cccc35)CC4)CC2)nc2ccccc12. The summed E-state index contributed by atoms with van der Waals surface area (Å²) < 4.78 is 0. The highest BCUT2D eigenvalue weighted by Gasteiger charge is 2.24. The van der Waals surface area contributed by atoms with Crippen molar-refractivity contribution in [2.45, 2.75) is 63.5 Å². The summed E-state index contributed by atoms with van der Waals surface area (Å²) in [5, 5.41) is 10.00. The average Bonchev–Trinajstić information content (AvgIpc) is 3.37. The largest absolute Gasteiger partial charge is 0.362 e. The maximum Gasteiger partial charge on any atom is 0.225 e. The average molecular weight is 522 g/mol. The summed E-state index contributed by atoms with van der Waals surface area (Å²) in [6, 6.07) is 18.7. The third-order valence-corrected chi connectivity index (χ3v) is 8.19. The Labute approximate surface area is 229 Å². The van der Waals surface area contributed by atoms with Crippen LogP contribution in [0.2, 0.25) is 0 Å². The molecule has 1 heterocycles. The van der Waals surface area contributed by atoms with E-state index in [0.717, 1.165) is 66.2 Å². The number of hydrogen-bond donors (Lipinski definition) is 2. The molecular weight excluding hydrogens is 486 g/mol. The molecule has 1 fully saturated rings. The van der Waals surface area contributed by atoms with Gasteiger partial charge >= 0.3 is 0 Å².